The van der Waals surface area contributed by atoms with E-state index in [9.17, 15) is 0 Å². The molecule has 0 bridgehead atoms. The Bertz CT molecular complexity index is 344. The molecule has 2 rings (SSSR count). The number of hydrogen-bond donors (Lipinski definition) is 2. The SMILES string of the molecule is CCCc1ccc(C(NN)C2CCOCC2)cc1. The summed E-state index contributed by atoms with van der Waals surface area (Å²) in [4.78, 5) is 0. The molecule has 0 amide bonds. The lowest BCUT2D eigenvalue weighted by molar-refractivity contribution is 0.0536. The Balaban J connectivity index is 2.06. The monoisotopic (exact) mass is 248 g/mol. The smallest absolute Gasteiger partial charge is 0.0489 e. The predicted molar refractivity (Wildman–Crippen MR) is 74.0 cm³/mol. The van der Waals surface area contributed by atoms with E-state index in [1.54, 1.807) is 0 Å². The molecule has 0 radical (unpaired) electrons. The van der Waals surface area contributed by atoms with Gasteiger partial charge < -0.3 is 4.74 Å². The van der Waals surface area contributed by atoms with E-state index in [0.29, 0.717) is 5.92 Å². The van der Waals surface area contributed by atoms with Gasteiger partial charge >= 0.3 is 0 Å². The normalized spacial score (nSPS) is 18.8. The molecule has 1 aliphatic rings. The van der Waals surface area contributed by atoms with Crippen molar-refractivity contribution in [2.24, 2.45) is 11.8 Å². The van der Waals surface area contributed by atoms with Gasteiger partial charge in [-0.2, -0.15) is 0 Å². The number of nitrogens with one attached hydrogen (secondary N) is 1. The second-order valence-electron chi connectivity index (χ2n) is 5.09. The molecule has 1 aliphatic heterocycles. The van der Waals surface area contributed by atoms with Gasteiger partial charge in [-0.1, -0.05) is 37.6 Å². The van der Waals surface area contributed by atoms with Crippen LogP contribution in [0.4, 0.5) is 0 Å². The summed E-state index contributed by atoms with van der Waals surface area (Å²) in [7, 11) is 0. The fourth-order valence-electron chi connectivity index (χ4n) is 2.73. The Labute approximate surface area is 110 Å². The van der Waals surface area contributed by atoms with Gasteiger partial charge in [-0.3, -0.25) is 11.3 Å². The van der Waals surface area contributed by atoms with Crippen LogP contribution in [0.15, 0.2) is 24.3 Å². The van der Waals surface area contributed by atoms with Crippen molar-refractivity contribution in [2.75, 3.05) is 13.2 Å². The van der Waals surface area contributed by atoms with Crippen LogP contribution >= 0.6 is 0 Å². The molecule has 18 heavy (non-hydrogen) atoms. The first kappa shape index (κ1) is 13.5. The van der Waals surface area contributed by atoms with Crippen molar-refractivity contribution >= 4 is 0 Å². The van der Waals surface area contributed by atoms with Gasteiger partial charge in [0.2, 0.25) is 0 Å². The Morgan fingerprint density at radius 3 is 2.50 bits per heavy atom. The molecular formula is C15H24N2O. The highest BCUT2D eigenvalue weighted by atomic mass is 16.5. The van der Waals surface area contributed by atoms with Crippen LogP contribution in [0.3, 0.4) is 0 Å². The number of hydrazine groups is 1. The predicted octanol–water partition coefficient (Wildman–Crippen LogP) is 2.57. The first-order chi connectivity index (χ1) is 8.85. The molecule has 0 spiro atoms. The minimum atomic E-state index is 0.254. The largest absolute Gasteiger partial charge is 0.381 e. The summed E-state index contributed by atoms with van der Waals surface area (Å²) in [5, 5.41) is 0. The lowest BCUT2D eigenvalue weighted by atomic mass is 9.87. The molecular weight excluding hydrogens is 224 g/mol. The molecule has 0 saturated carbocycles. The Morgan fingerprint density at radius 1 is 1.28 bits per heavy atom. The summed E-state index contributed by atoms with van der Waals surface area (Å²) in [6, 6.07) is 9.13. The lowest BCUT2D eigenvalue weighted by Gasteiger charge is -2.30. The number of benzene rings is 1. The molecule has 1 fully saturated rings. The van der Waals surface area contributed by atoms with Gasteiger partial charge in [-0.15, -0.1) is 0 Å². The second kappa shape index (κ2) is 6.88. The third-order valence-corrected chi connectivity index (χ3v) is 3.79. The Morgan fingerprint density at radius 2 is 1.94 bits per heavy atom. The standard InChI is InChI=1S/C15H24N2O/c1-2-3-12-4-6-13(7-5-12)15(17-16)14-8-10-18-11-9-14/h4-7,14-15,17H,2-3,8-11,16H2,1H3. The van der Waals surface area contributed by atoms with Crippen LogP contribution in [0.25, 0.3) is 0 Å². The molecule has 1 heterocycles. The van der Waals surface area contributed by atoms with Crippen LogP contribution < -0.4 is 11.3 Å². The first-order valence-electron chi connectivity index (χ1n) is 6.98. The molecule has 0 aliphatic carbocycles. The van der Waals surface area contributed by atoms with Crippen molar-refractivity contribution in [1.82, 2.24) is 5.43 Å². The number of aryl methyl sites for hydroxylation is 1. The molecule has 1 aromatic carbocycles. The summed E-state index contributed by atoms with van der Waals surface area (Å²) in [5.41, 5.74) is 5.69. The van der Waals surface area contributed by atoms with Crippen molar-refractivity contribution in [1.29, 1.82) is 0 Å². The van der Waals surface area contributed by atoms with Crippen LogP contribution in [0.1, 0.15) is 43.4 Å². The van der Waals surface area contributed by atoms with E-state index in [0.717, 1.165) is 32.5 Å². The lowest BCUT2D eigenvalue weighted by Crippen LogP contribution is -2.36. The number of hydrogen-bond acceptors (Lipinski definition) is 3. The van der Waals surface area contributed by atoms with Crippen molar-refractivity contribution in [3.05, 3.63) is 35.4 Å². The fourth-order valence-corrected chi connectivity index (χ4v) is 2.73. The van der Waals surface area contributed by atoms with E-state index in [-0.39, 0.29) is 6.04 Å². The van der Waals surface area contributed by atoms with Crippen LogP contribution in [-0.2, 0) is 11.2 Å². The molecule has 3 nitrogen and oxygen atoms in total. The second-order valence-corrected chi connectivity index (χ2v) is 5.09. The molecule has 1 aromatic rings. The molecule has 3 N–H and O–H groups in total. The highest BCUT2D eigenvalue weighted by molar-refractivity contribution is 5.25. The summed E-state index contributed by atoms with van der Waals surface area (Å²) in [5.74, 6) is 6.33. The molecule has 1 atom stereocenters. The van der Waals surface area contributed by atoms with E-state index in [1.807, 2.05) is 0 Å². The van der Waals surface area contributed by atoms with E-state index < -0.39 is 0 Å². The highest BCUT2D eigenvalue weighted by Crippen LogP contribution is 2.29. The van der Waals surface area contributed by atoms with Crippen molar-refractivity contribution < 1.29 is 4.74 Å². The maximum absolute atomic E-state index is 5.74. The zero-order valence-electron chi connectivity index (χ0n) is 11.2. The summed E-state index contributed by atoms with van der Waals surface area (Å²) in [6.07, 6.45) is 4.52. The Hall–Kier alpha value is -0.900. The molecule has 0 aromatic heterocycles. The average Bonchev–Trinajstić information content (AvgIpc) is 2.43. The van der Waals surface area contributed by atoms with Crippen LogP contribution in [-0.4, -0.2) is 13.2 Å². The molecule has 100 valence electrons. The van der Waals surface area contributed by atoms with Crippen LogP contribution in [0.5, 0.6) is 0 Å². The van der Waals surface area contributed by atoms with Gasteiger partial charge in [0, 0.05) is 19.3 Å². The van der Waals surface area contributed by atoms with Gasteiger partial charge in [-0.05, 0) is 36.3 Å². The van der Waals surface area contributed by atoms with E-state index >= 15 is 0 Å². The van der Waals surface area contributed by atoms with Crippen molar-refractivity contribution in [2.45, 2.75) is 38.6 Å². The minimum absolute atomic E-state index is 0.254. The van der Waals surface area contributed by atoms with Gasteiger partial charge in [0.1, 0.15) is 0 Å². The zero-order chi connectivity index (χ0) is 12.8. The minimum Gasteiger partial charge on any atom is -0.381 e. The molecule has 3 heteroatoms. The van der Waals surface area contributed by atoms with E-state index in [2.05, 4.69) is 36.6 Å². The number of ether oxygens (including phenoxy) is 1. The summed E-state index contributed by atoms with van der Waals surface area (Å²) in [6.45, 7) is 3.92. The maximum atomic E-state index is 5.74. The van der Waals surface area contributed by atoms with E-state index in [1.165, 1.54) is 17.5 Å². The maximum Gasteiger partial charge on any atom is 0.0489 e. The Kier molecular flexibility index (Phi) is 5.17. The van der Waals surface area contributed by atoms with Crippen molar-refractivity contribution in [3.63, 3.8) is 0 Å². The fraction of sp³-hybridized carbons (Fsp3) is 0.600. The molecule has 1 unspecified atom stereocenters. The van der Waals surface area contributed by atoms with Crippen molar-refractivity contribution in [3.8, 4) is 0 Å². The van der Waals surface area contributed by atoms with Gasteiger partial charge in [0.15, 0.2) is 0 Å². The van der Waals surface area contributed by atoms with E-state index in [4.69, 9.17) is 10.6 Å². The summed E-state index contributed by atoms with van der Waals surface area (Å²) >= 11 is 0. The summed E-state index contributed by atoms with van der Waals surface area (Å²) < 4.78 is 5.41. The van der Waals surface area contributed by atoms with Gasteiger partial charge in [-0.25, -0.2) is 0 Å². The quantitative estimate of drug-likeness (QED) is 0.622. The molecule has 1 saturated heterocycles. The third-order valence-electron chi connectivity index (χ3n) is 3.79. The number of rotatable bonds is 5. The topological polar surface area (TPSA) is 47.3 Å². The van der Waals surface area contributed by atoms with Gasteiger partial charge in [0.05, 0.1) is 0 Å². The first-order valence-corrected chi connectivity index (χ1v) is 6.98. The number of nitrogens with two attached hydrogens (primary N) is 1. The van der Waals surface area contributed by atoms with Crippen LogP contribution in [0, 0.1) is 5.92 Å². The van der Waals surface area contributed by atoms with Gasteiger partial charge in [0.25, 0.3) is 0 Å². The third kappa shape index (κ3) is 3.31. The zero-order valence-corrected chi connectivity index (χ0v) is 11.2. The average molecular weight is 248 g/mol. The van der Waals surface area contributed by atoms with Crippen LogP contribution in [0.2, 0.25) is 0 Å². The highest BCUT2D eigenvalue weighted by Gasteiger charge is 2.24.